The molecule has 1 atom stereocenters. The van der Waals surface area contributed by atoms with Gasteiger partial charge in [0.15, 0.2) is 5.13 Å². The number of anilines is 1. The molecule has 0 aromatic carbocycles. The summed E-state index contributed by atoms with van der Waals surface area (Å²) >= 11 is 2.66. The summed E-state index contributed by atoms with van der Waals surface area (Å²) in [6.45, 7) is 2.54. The number of amides is 1. The molecule has 1 aliphatic rings. The first-order chi connectivity index (χ1) is 14.6. The van der Waals surface area contributed by atoms with Gasteiger partial charge in [-0.05, 0) is 25.7 Å². The molecule has 7 nitrogen and oxygen atoms in total. The molecule has 3 heterocycles. The van der Waals surface area contributed by atoms with Crippen molar-refractivity contribution in [1.82, 2.24) is 14.3 Å². The van der Waals surface area contributed by atoms with Gasteiger partial charge in [-0.25, -0.2) is 18.5 Å². The van der Waals surface area contributed by atoms with Crippen LogP contribution in [0.15, 0.2) is 5.38 Å². The lowest BCUT2D eigenvalue weighted by atomic mass is 9.94. The van der Waals surface area contributed by atoms with E-state index in [0.717, 1.165) is 10.6 Å². The highest BCUT2D eigenvalue weighted by Crippen LogP contribution is 2.32. The molecule has 1 amide bonds. The molecule has 2 aromatic heterocycles. The summed E-state index contributed by atoms with van der Waals surface area (Å²) in [5, 5.41) is 14.9. The molecule has 1 fully saturated rings. The van der Waals surface area contributed by atoms with Gasteiger partial charge in [0, 0.05) is 30.6 Å². The van der Waals surface area contributed by atoms with Gasteiger partial charge in [0.2, 0.25) is 5.91 Å². The van der Waals surface area contributed by atoms with Crippen molar-refractivity contribution in [3.05, 3.63) is 16.1 Å². The zero-order chi connectivity index (χ0) is 22.6. The first-order valence-corrected chi connectivity index (χ1v) is 12.6. The highest BCUT2D eigenvalue weighted by Gasteiger charge is 2.30. The van der Waals surface area contributed by atoms with Crippen molar-refractivity contribution in [3.8, 4) is 10.6 Å². The van der Waals surface area contributed by atoms with Crippen LogP contribution in [0.1, 0.15) is 36.4 Å². The molecule has 0 spiro atoms. The smallest absolute Gasteiger partial charge is 0.389 e. The lowest BCUT2D eigenvalue weighted by Crippen LogP contribution is -2.37. The van der Waals surface area contributed by atoms with Crippen molar-refractivity contribution in [3.63, 3.8) is 0 Å². The molecule has 0 aliphatic carbocycles. The Hall–Kier alpha value is -1.41. The Balaban J connectivity index is 1.45. The molecule has 0 radical (unpaired) electrons. The van der Waals surface area contributed by atoms with E-state index in [1.54, 1.807) is 4.31 Å². The number of aryl methyl sites for hydroxylation is 1. The van der Waals surface area contributed by atoms with Crippen LogP contribution >= 0.6 is 22.7 Å². The monoisotopic (exact) mass is 496 g/mol. The highest BCUT2D eigenvalue weighted by atomic mass is 32.2. The maximum absolute atomic E-state index is 12.4. The van der Waals surface area contributed by atoms with E-state index in [0.29, 0.717) is 41.8 Å². The molecule has 13 heteroatoms. The number of carbonyl (C=O) groups excluding carboxylic acids is 1. The van der Waals surface area contributed by atoms with Gasteiger partial charge in [0.25, 0.3) is 0 Å². The normalized spacial score (nSPS) is 17.1. The standard InChI is InChI=1S/C18H23F3N4O3S3/c1-11-16(30-15(9-26)22-11)13-10-29-17(23-13)24-14(27)8-12-2-5-25(6-3-12)31(28)7-4-18(19,20)21/h10,12,26H,2-9H2,1H3,(H,23,24,27). The number of thiazole rings is 2. The fraction of sp³-hybridized carbons (Fsp3) is 0.611. The fourth-order valence-corrected chi connectivity index (χ4v) is 6.23. The number of carbonyl (C=O) groups is 1. The van der Waals surface area contributed by atoms with Crippen molar-refractivity contribution in [2.75, 3.05) is 24.2 Å². The Bertz CT molecular complexity index is 924. The SMILES string of the molecule is Cc1nc(CO)sc1-c1csc(NC(=O)CC2CCN(S(=O)CCC(F)(F)F)CC2)n1. The van der Waals surface area contributed by atoms with E-state index in [2.05, 4.69) is 15.3 Å². The fourth-order valence-electron chi connectivity index (χ4n) is 3.27. The molecule has 31 heavy (non-hydrogen) atoms. The topological polar surface area (TPSA) is 95.4 Å². The Kier molecular flexibility index (Phi) is 8.19. The second-order valence-electron chi connectivity index (χ2n) is 7.23. The van der Waals surface area contributed by atoms with Gasteiger partial charge in [-0.1, -0.05) is 0 Å². The van der Waals surface area contributed by atoms with E-state index in [4.69, 9.17) is 0 Å². The second-order valence-corrected chi connectivity index (χ2v) is 10.7. The number of nitrogens with one attached hydrogen (secondary N) is 1. The van der Waals surface area contributed by atoms with Gasteiger partial charge in [-0.2, -0.15) is 13.2 Å². The summed E-state index contributed by atoms with van der Waals surface area (Å²) < 4.78 is 50.4. The van der Waals surface area contributed by atoms with E-state index in [1.165, 1.54) is 22.7 Å². The summed E-state index contributed by atoms with van der Waals surface area (Å²) in [5.41, 5.74) is 1.47. The van der Waals surface area contributed by atoms with Crippen LogP contribution in [-0.4, -0.2) is 54.5 Å². The number of piperidine rings is 1. The minimum atomic E-state index is -4.30. The second kappa shape index (κ2) is 10.5. The third-order valence-electron chi connectivity index (χ3n) is 4.86. The molecule has 2 aromatic rings. The average molecular weight is 497 g/mol. The first-order valence-electron chi connectivity index (χ1n) is 9.67. The van der Waals surface area contributed by atoms with Crippen molar-refractivity contribution in [2.24, 2.45) is 5.92 Å². The number of hydrogen-bond acceptors (Lipinski definition) is 7. The van der Waals surface area contributed by atoms with Gasteiger partial charge in [0.05, 0.1) is 40.3 Å². The van der Waals surface area contributed by atoms with E-state index in [-0.39, 0.29) is 24.9 Å². The molecule has 172 valence electrons. The van der Waals surface area contributed by atoms with E-state index < -0.39 is 29.3 Å². The maximum Gasteiger partial charge on any atom is 0.390 e. The van der Waals surface area contributed by atoms with Gasteiger partial charge in [0.1, 0.15) is 5.01 Å². The van der Waals surface area contributed by atoms with Gasteiger partial charge >= 0.3 is 6.18 Å². The third-order valence-corrected chi connectivity index (χ3v) is 8.27. The summed E-state index contributed by atoms with van der Waals surface area (Å²) in [4.78, 5) is 21.9. The summed E-state index contributed by atoms with van der Waals surface area (Å²) in [6, 6.07) is 0. The molecule has 2 N–H and O–H groups in total. The Morgan fingerprint density at radius 1 is 1.35 bits per heavy atom. The zero-order valence-corrected chi connectivity index (χ0v) is 19.2. The minimum Gasteiger partial charge on any atom is -0.389 e. The van der Waals surface area contributed by atoms with Crippen LogP contribution in [-0.2, 0) is 22.4 Å². The molecule has 1 saturated heterocycles. The van der Waals surface area contributed by atoms with Crippen LogP contribution in [0.2, 0.25) is 0 Å². The molecule has 3 rings (SSSR count). The van der Waals surface area contributed by atoms with Crippen LogP contribution in [0.3, 0.4) is 0 Å². The Labute approximate surface area is 188 Å². The number of aliphatic hydroxyl groups is 1. The van der Waals surface area contributed by atoms with Crippen molar-refractivity contribution >= 4 is 44.7 Å². The summed E-state index contributed by atoms with van der Waals surface area (Å²) in [7, 11) is -1.64. The molecule has 0 saturated carbocycles. The van der Waals surface area contributed by atoms with E-state index in [9.17, 15) is 27.3 Å². The molecular weight excluding hydrogens is 473 g/mol. The van der Waals surface area contributed by atoms with Crippen LogP contribution in [0.25, 0.3) is 10.6 Å². The predicted molar refractivity (Wildman–Crippen MR) is 115 cm³/mol. The van der Waals surface area contributed by atoms with E-state index in [1.807, 2.05) is 12.3 Å². The molecular formula is C18H23F3N4O3S3. The van der Waals surface area contributed by atoms with Gasteiger partial charge in [-0.15, -0.1) is 22.7 Å². The van der Waals surface area contributed by atoms with Crippen LogP contribution in [0.4, 0.5) is 18.3 Å². The summed E-state index contributed by atoms with van der Waals surface area (Å²) in [6.07, 6.45) is -3.86. The highest BCUT2D eigenvalue weighted by molar-refractivity contribution is 7.82. The van der Waals surface area contributed by atoms with Gasteiger partial charge in [-0.3, -0.25) is 4.79 Å². The number of rotatable bonds is 8. The Morgan fingerprint density at radius 2 is 2.06 bits per heavy atom. The predicted octanol–water partition coefficient (Wildman–Crippen LogP) is 3.72. The summed E-state index contributed by atoms with van der Waals surface area (Å²) in [5.74, 6) is -0.499. The zero-order valence-electron chi connectivity index (χ0n) is 16.8. The largest absolute Gasteiger partial charge is 0.390 e. The Morgan fingerprint density at radius 3 is 2.68 bits per heavy atom. The molecule has 0 bridgehead atoms. The van der Waals surface area contributed by atoms with Gasteiger partial charge < -0.3 is 10.4 Å². The number of nitrogens with zero attached hydrogens (tertiary/aromatic N) is 3. The maximum atomic E-state index is 12.4. The number of aliphatic hydroxyl groups excluding tert-OH is 1. The van der Waals surface area contributed by atoms with Crippen molar-refractivity contribution < 1.29 is 27.3 Å². The average Bonchev–Trinajstić information content (AvgIpc) is 3.32. The van der Waals surface area contributed by atoms with Crippen molar-refractivity contribution in [2.45, 2.75) is 45.4 Å². The number of aromatic nitrogens is 2. The first kappa shape index (κ1) is 24.2. The number of hydrogen-bond donors (Lipinski definition) is 2. The van der Waals surface area contributed by atoms with Crippen molar-refractivity contribution in [1.29, 1.82) is 0 Å². The van der Waals surface area contributed by atoms with Crippen LogP contribution in [0, 0.1) is 12.8 Å². The molecule has 1 aliphatic heterocycles. The number of halogens is 3. The van der Waals surface area contributed by atoms with E-state index >= 15 is 0 Å². The van der Waals surface area contributed by atoms with Crippen LogP contribution < -0.4 is 5.32 Å². The minimum absolute atomic E-state index is 0.0890. The van der Waals surface area contributed by atoms with Crippen LogP contribution in [0.5, 0.6) is 0 Å². The lowest BCUT2D eigenvalue weighted by molar-refractivity contribution is -0.130. The quantitative estimate of drug-likeness (QED) is 0.581. The lowest BCUT2D eigenvalue weighted by Gasteiger charge is -2.30. The third kappa shape index (κ3) is 7.04. The number of alkyl halides is 3. The molecule has 1 unspecified atom stereocenters.